The number of nitrogens with zero attached hydrogens (tertiary/aromatic N) is 2. The van der Waals surface area contributed by atoms with Crippen molar-refractivity contribution in [3.8, 4) is 5.75 Å². The standard InChI is InChI=1S/C14H23N3O2/c1-10(2)14-16-8-13(12(7-15)17-14)19-9-11-3-5-18-6-4-11/h8,10-11H,3-7,9,15H2,1-2H3. The highest BCUT2D eigenvalue weighted by atomic mass is 16.5. The molecule has 1 fully saturated rings. The van der Waals surface area contributed by atoms with E-state index >= 15 is 0 Å². The maximum atomic E-state index is 5.84. The fourth-order valence-corrected chi connectivity index (χ4v) is 2.09. The molecule has 1 aliphatic rings. The van der Waals surface area contributed by atoms with E-state index in [0.717, 1.165) is 43.3 Å². The highest BCUT2D eigenvalue weighted by Crippen LogP contribution is 2.21. The van der Waals surface area contributed by atoms with Crippen molar-refractivity contribution >= 4 is 0 Å². The zero-order chi connectivity index (χ0) is 13.7. The Labute approximate surface area is 114 Å². The van der Waals surface area contributed by atoms with Crippen LogP contribution in [0.1, 0.15) is 44.1 Å². The lowest BCUT2D eigenvalue weighted by Crippen LogP contribution is -2.22. The molecule has 2 rings (SSSR count). The van der Waals surface area contributed by atoms with Gasteiger partial charge in [-0.05, 0) is 18.8 Å². The largest absolute Gasteiger partial charge is 0.490 e. The van der Waals surface area contributed by atoms with Crippen molar-refractivity contribution in [3.63, 3.8) is 0 Å². The van der Waals surface area contributed by atoms with Gasteiger partial charge in [-0.15, -0.1) is 0 Å². The van der Waals surface area contributed by atoms with Crippen LogP contribution in [0, 0.1) is 5.92 Å². The molecule has 1 aromatic rings. The van der Waals surface area contributed by atoms with E-state index in [-0.39, 0.29) is 0 Å². The summed E-state index contributed by atoms with van der Waals surface area (Å²) in [4.78, 5) is 8.80. The number of nitrogens with two attached hydrogens (primary N) is 1. The van der Waals surface area contributed by atoms with Gasteiger partial charge in [-0.3, -0.25) is 0 Å². The van der Waals surface area contributed by atoms with Crippen LogP contribution in [-0.4, -0.2) is 29.8 Å². The average Bonchev–Trinajstić information content (AvgIpc) is 2.45. The SMILES string of the molecule is CC(C)c1ncc(OCC2CCOCC2)c(CN)n1. The fourth-order valence-electron chi connectivity index (χ4n) is 2.09. The smallest absolute Gasteiger partial charge is 0.160 e. The van der Waals surface area contributed by atoms with E-state index in [4.69, 9.17) is 15.2 Å². The monoisotopic (exact) mass is 265 g/mol. The highest BCUT2D eigenvalue weighted by molar-refractivity contribution is 5.25. The van der Waals surface area contributed by atoms with Gasteiger partial charge in [-0.2, -0.15) is 0 Å². The van der Waals surface area contributed by atoms with Crippen LogP contribution in [-0.2, 0) is 11.3 Å². The van der Waals surface area contributed by atoms with Crippen molar-refractivity contribution in [3.05, 3.63) is 17.7 Å². The number of hydrogen-bond donors (Lipinski definition) is 1. The number of rotatable bonds is 5. The third-order valence-electron chi connectivity index (χ3n) is 3.37. The first-order valence-corrected chi connectivity index (χ1v) is 6.97. The third kappa shape index (κ3) is 3.88. The Bertz CT molecular complexity index is 404. The van der Waals surface area contributed by atoms with Crippen molar-refractivity contribution in [1.82, 2.24) is 9.97 Å². The van der Waals surface area contributed by atoms with E-state index in [1.54, 1.807) is 6.20 Å². The van der Waals surface area contributed by atoms with Gasteiger partial charge in [0.2, 0.25) is 0 Å². The molecule has 0 aromatic carbocycles. The van der Waals surface area contributed by atoms with E-state index in [0.29, 0.717) is 25.0 Å². The summed E-state index contributed by atoms with van der Waals surface area (Å²) in [6.45, 7) is 6.88. The van der Waals surface area contributed by atoms with Gasteiger partial charge in [0, 0.05) is 25.7 Å². The van der Waals surface area contributed by atoms with E-state index in [9.17, 15) is 0 Å². The second kappa shape index (κ2) is 6.82. The van der Waals surface area contributed by atoms with Gasteiger partial charge < -0.3 is 15.2 Å². The quantitative estimate of drug-likeness (QED) is 0.880. The van der Waals surface area contributed by atoms with Crippen molar-refractivity contribution in [2.75, 3.05) is 19.8 Å². The molecular formula is C14H23N3O2. The van der Waals surface area contributed by atoms with E-state index in [1.807, 2.05) is 0 Å². The van der Waals surface area contributed by atoms with Crippen LogP contribution in [0.4, 0.5) is 0 Å². The van der Waals surface area contributed by atoms with Gasteiger partial charge in [0.05, 0.1) is 18.5 Å². The van der Waals surface area contributed by atoms with Crippen LogP contribution >= 0.6 is 0 Å². The number of hydrogen-bond acceptors (Lipinski definition) is 5. The Kier molecular flexibility index (Phi) is 5.10. The topological polar surface area (TPSA) is 70.3 Å². The van der Waals surface area contributed by atoms with Crippen LogP contribution in [0.5, 0.6) is 5.75 Å². The van der Waals surface area contributed by atoms with Gasteiger partial charge in [0.1, 0.15) is 5.82 Å². The molecule has 2 N–H and O–H groups in total. The molecule has 1 saturated heterocycles. The molecule has 0 unspecified atom stereocenters. The highest BCUT2D eigenvalue weighted by Gasteiger charge is 2.16. The molecular weight excluding hydrogens is 242 g/mol. The van der Waals surface area contributed by atoms with Crippen molar-refractivity contribution in [2.24, 2.45) is 11.7 Å². The van der Waals surface area contributed by atoms with Gasteiger partial charge in [0.25, 0.3) is 0 Å². The summed E-state index contributed by atoms with van der Waals surface area (Å²) in [6, 6.07) is 0. The Hall–Kier alpha value is -1.20. The molecule has 19 heavy (non-hydrogen) atoms. The van der Waals surface area contributed by atoms with Crippen LogP contribution in [0.25, 0.3) is 0 Å². The molecule has 0 amide bonds. The molecule has 1 aliphatic heterocycles. The number of ether oxygens (including phenoxy) is 2. The first kappa shape index (κ1) is 14.2. The van der Waals surface area contributed by atoms with Crippen molar-refractivity contribution in [2.45, 2.75) is 39.2 Å². The Balaban J connectivity index is 1.98. The second-order valence-electron chi connectivity index (χ2n) is 5.26. The molecule has 0 aliphatic carbocycles. The fraction of sp³-hybridized carbons (Fsp3) is 0.714. The van der Waals surface area contributed by atoms with Gasteiger partial charge in [-0.1, -0.05) is 13.8 Å². The Morgan fingerprint density at radius 2 is 2.16 bits per heavy atom. The number of aromatic nitrogens is 2. The second-order valence-corrected chi connectivity index (χ2v) is 5.26. The van der Waals surface area contributed by atoms with Crippen LogP contribution in [0.3, 0.4) is 0 Å². The van der Waals surface area contributed by atoms with Gasteiger partial charge in [-0.25, -0.2) is 9.97 Å². The minimum Gasteiger partial charge on any atom is -0.490 e. The normalized spacial score (nSPS) is 16.8. The van der Waals surface area contributed by atoms with E-state index in [1.165, 1.54) is 0 Å². The Morgan fingerprint density at radius 3 is 2.79 bits per heavy atom. The maximum absolute atomic E-state index is 5.84. The van der Waals surface area contributed by atoms with Crippen LogP contribution in [0.2, 0.25) is 0 Å². The van der Waals surface area contributed by atoms with Crippen molar-refractivity contribution < 1.29 is 9.47 Å². The maximum Gasteiger partial charge on any atom is 0.160 e. The third-order valence-corrected chi connectivity index (χ3v) is 3.37. The van der Waals surface area contributed by atoms with Crippen LogP contribution < -0.4 is 10.5 Å². The molecule has 2 heterocycles. The lowest BCUT2D eigenvalue weighted by molar-refractivity contribution is 0.0495. The molecule has 0 spiro atoms. The zero-order valence-corrected chi connectivity index (χ0v) is 11.8. The van der Waals surface area contributed by atoms with Gasteiger partial charge >= 0.3 is 0 Å². The summed E-state index contributed by atoms with van der Waals surface area (Å²) in [5.74, 6) is 2.40. The minimum absolute atomic E-state index is 0.301. The van der Waals surface area contributed by atoms with Crippen LogP contribution in [0.15, 0.2) is 6.20 Å². The molecule has 0 saturated carbocycles. The van der Waals surface area contributed by atoms with E-state index in [2.05, 4.69) is 23.8 Å². The summed E-state index contributed by atoms with van der Waals surface area (Å²) in [6.07, 6.45) is 3.87. The Morgan fingerprint density at radius 1 is 1.42 bits per heavy atom. The van der Waals surface area contributed by atoms with E-state index < -0.39 is 0 Å². The van der Waals surface area contributed by atoms with Crippen molar-refractivity contribution in [1.29, 1.82) is 0 Å². The molecule has 0 bridgehead atoms. The molecule has 5 nitrogen and oxygen atoms in total. The lowest BCUT2D eigenvalue weighted by Gasteiger charge is -2.22. The summed E-state index contributed by atoms with van der Waals surface area (Å²) < 4.78 is 11.2. The summed E-state index contributed by atoms with van der Waals surface area (Å²) in [7, 11) is 0. The predicted molar refractivity (Wildman–Crippen MR) is 73.1 cm³/mol. The first-order valence-electron chi connectivity index (χ1n) is 6.97. The summed E-state index contributed by atoms with van der Waals surface area (Å²) >= 11 is 0. The lowest BCUT2D eigenvalue weighted by atomic mass is 10.0. The summed E-state index contributed by atoms with van der Waals surface area (Å²) in [5.41, 5.74) is 6.54. The average molecular weight is 265 g/mol. The first-order chi connectivity index (χ1) is 9.20. The molecule has 5 heteroatoms. The summed E-state index contributed by atoms with van der Waals surface area (Å²) in [5, 5.41) is 0. The van der Waals surface area contributed by atoms with Gasteiger partial charge in [0.15, 0.2) is 5.75 Å². The zero-order valence-electron chi connectivity index (χ0n) is 11.8. The minimum atomic E-state index is 0.301. The molecule has 0 atom stereocenters. The molecule has 0 radical (unpaired) electrons. The molecule has 106 valence electrons. The molecule has 1 aromatic heterocycles. The predicted octanol–water partition coefficient (Wildman–Crippen LogP) is 1.86.